The molecule has 0 aromatic heterocycles. The van der Waals surface area contributed by atoms with E-state index in [9.17, 15) is 10.2 Å². The molecule has 0 bridgehead atoms. The van der Waals surface area contributed by atoms with E-state index in [1.54, 1.807) is 6.07 Å². The molecule has 2 N–H and O–H groups in total. The highest BCUT2D eigenvalue weighted by molar-refractivity contribution is 6.31. The standard InChI is InChI=1S/C11H13ClO2/c1-11(5-6-11)7-3-2-4-8(12)9(7)10(13)14/h2-4,10,13-14H,5-6H2,1H3. The second kappa shape index (κ2) is 3.23. The number of halogens is 1. The molecular weight excluding hydrogens is 200 g/mol. The third-order valence-electron chi connectivity index (χ3n) is 2.96. The zero-order valence-electron chi connectivity index (χ0n) is 8.00. The molecule has 1 aromatic rings. The Balaban J connectivity index is 2.53. The molecule has 1 aliphatic rings. The molecule has 1 fully saturated rings. The summed E-state index contributed by atoms with van der Waals surface area (Å²) in [5, 5.41) is 18.9. The Morgan fingerprint density at radius 2 is 2.00 bits per heavy atom. The van der Waals surface area contributed by atoms with E-state index in [2.05, 4.69) is 6.92 Å². The Bertz CT molecular complexity index is 356. The minimum absolute atomic E-state index is 0.101. The van der Waals surface area contributed by atoms with Gasteiger partial charge in [-0.05, 0) is 29.9 Å². The Kier molecular flexibility index (Phi) is 2.30. The van der Waals surface area contributed by atoms with Gasteiger partial charge in [-0.1, -0.05) is 30.7 Å². The van der Waals surface area contributed by atoms with Crippen LogP contribution in [0.25, 0.3) is 0 Å². The van der Waals surface area contributed by atoms with Crippen molar-refractivity contribution in [3.05, 3.63) is 34.3 Å². The summed E-state index contributed by atoms with van der Waals surface area (Å²) in [6.07, 6.45) is 0.705. The Morgan fingerprint density at radius 1 is 1.36 bits per heavy atom. The van der Waals surface area contributed by atoms with Gasteiger partial charge in [0.15, 0.2) is 6.29 Å². The fraction of sp³-hybridized carbons (Fsp3) is 0.455. The minimum Gasteiger partial charge on any atom is -0.364 e. The van der Waals surface area contributed by atoms with Crippen LogP contribution in [0.1, 0.15) is 37.2 Å². The first-order chi connectivity index (χ1) is 6.54. The molecule has 2 rings (SSSR count). The number of hydrogen-bond donors (Lipinski definition) is 2. The molecule has 0 saturated heterocycles. The lowest BCUT2D eigenvalue weighted by Crippen LogP contribution is -2.09. The summed E-state index contributed by atoms with van der Waals surface area (Å²) in [5.74, 6) is 0. The van der Waals surface area contributed by atoms with Crippen LogP contribution in [0.3, 0.4) is 0 Å². The van der Waals surface area contributed by atoms with Crippen molar-refractivity contribution in [2.24, 2.45) is 0 Å². The molecule has 1 saturated carbocycles. The predicted octanol–water partition coefficient (Wildman–Crippen LogP) is 2.37. The molecule has 0 aliphatic heterocycles. The largest absolute Gasteiger partial charge is 0.364 e. The van der Waals surface area contributed by atoms with Crippen molar-refractivity contribution in [1.29, 1.82) is 0 Å². The fourth-order valence-corrected chi connectivity index (χ4v) is 2.05. The average molecular weight is 213 g/mol. The molecule has 0 unspecified atom stereocenters. The van der Waals surface area contributed by atoms with Gasteiger partial charge in [0.2, 0.25) is 0 Å². The highest BCUT2D eigenvalue weighted by Gasteiger charge is 2.41. The van der Waals surface area contributed by atoms with E-state index in [0.29, 0.717) is 10.6 Å². The summed E-state index contributed by atoms with van der Waals surface area (Å²) in [6.45, 7) is 2.12. The summed E-state index contributed by atoms with van der Waals surface area (Å²) in [7, 11) is 0. The smallest absolute Gasteiger partial charge is 0.180 e. The highest BCUT2D eigenvalue weighted by atomic mass is 35.5. The molecule has 3 heteroatoms. The molecule has 2 nitrogen and oxygen atoms in total. The molecule has 0 radical (unpaired) electrons. The van der Waals surface area contributed by atoms with Crippen molar-refractivity contribution >= 4 is 11.6 Å². The fourth-order valence-electron chi connectivity index (χ4n) is 1.78. The van der Waals surface area contributed by atoms with Crippen LogP contribution in [-0.2, 0) is 5.41 Å². The Labute approximate surface area is 88.1 Å². The summed E-state index contributed by atoms with van der Waals surface area (Å²) in [6, 6.07) is 5.46. The van der Waals surface area contributed by atoms with E-state index in [4.69, 9.17) is 11.6 Å². The van der Waals surface area contributed by atoms with E-state index in [1.807, 2.05) is 12.1 Å². The van der Waals surface area contributed by atoms with Gasteiger partial charge in [0, 0.05) is 10.6 Å². The normalized spacial score (nSPS) is 18.6. The van der Waals surface area contributed by atoms with Gasteiger partial charge in [-0.25, -0.2) is 0 Å². The monoisotopic (exact) mass is 212 g/mol. The average Bonchev–Trinajstić information content (AvgIpc) is 2.84. The van der Waals surface area contributed by atoms with Gasteiger partial charge < -0.3 is 10.2 Å². The van der Waals surface area contributed by atoms with E-state index in [-0.39, 0.29) is 5.41 Å². The van der Waals surface area contributed by atoms with Crippen LogP contribution < -0.4 is 0 Å². The lowest BCUT2D eigenvalue weighted by molar-refractivity contribution is -0.0433. The van der Waals surface area contributed by atoms with Crippen molar-refractivity contribution in [3.63, 3.8) is 0 Å². The lowest BCUT2D eigenvalue weighted by Gasteiger charge is -2.17. The SMILES string of the molecule is CC1(c2cccc(Cl)c2C(O)O)CC1. The van der Waals surface area contributed by atoms with Gasteiger partial charge in [-0.15, -0.1) is 0 Å². The molecule has 0 spiro atoms. The molecule has 14 heavy (non-hydrogen) atoms. The molecule has 1 aliphatic carbocycles. The van der Waals surface area contributed by atoms with Crippen molar-refractivity contribution in [2.45, 2.75) is 31.5 Å². The van der Waals surface area contributed by atoms with Crippen molar-refractivity contribution in [1.82, 2.24) is 0 Å². The van der Waals surface area contributed by atoms with E-state index in [0.717, 1.165) is 18.4 Å². The van der Waals surface area contributed by atoms with Crippen LogP contribution in [-0.4, -0.2) is 10.2 Å². The van der Waals surface area contributed by atoms with Crippen molar-refractivity contribution in [2.75, 3.05) is 0 Å². The molecule has 0 amide bonds. The lowest BCUT2D eigenvalue weighted by atomic mass is 9.93. The number of hydrogen-bond acceptors (Lipinski definition) is 2. The van der Waals surface area contributed by atoms with Crippen LogP contribution in [0.4, 0.5) is 0 Å². The second-order valence-electron chi connectivity index (χ2n) is 4.14. The van der Waals surface area contributed by atoms with Crippen LogP contribution >= 0.6 is 11.6 Å². The number of rotatable bonds is 2. The van der Waals surface area contributed by atoms with E-state index < -0.39 is 6.29 Å². The van der Waals surface area contributed by atoms with Gasteiger partial charge in [0.1, 0.15) is 0 Å². The molecule has 76 valence electrons. The maximum absolute atomic E-state index is 9.25. The minimum atomic E-state index is -1.48. The molecule has 1 aromatic carbocycles. The number of benzene rings is 1. The maximum atomic E-state index is 9.25. The van der Waals surface area contributed by atoms with E-state index >= 15 is 0 Å². The van der Waals surface area contributed by atoms with Crippen LogP contribution in [0, 0.1) is 0 Å². The maximum Gasteiger partial charge on any atom is 0.180 e. The zero-order chi connectivity index (χ0) is 10.3. The summed E-state index contributed by atoms with van der Waals surface area (Å²) < 4.78 is 0. The van der Waals surface area contributed by atoms with Gasteiger partial charge in [-0.2, -0.15) is 0 Å². The molecule has 0 heterocycles. The zero-order valence-corrected chi connectivity index (χ0v) is 8.75. The number of aliphatic hydroxyl groups excluding tert-OH is 1. The second-order valence-corrected chi connectivity index (χ2v) is 4.54. The molecular formula is C11H13ClO2. The third-order valence-corrected chi connectivity index (χ3v) is 3.29. The third kappa shape index (κ3) is 1.54. The predicted molar refractivity (Wildman–Crippen MR) is 55.2 cm³/mol. The Morgan fingerprint density at radius 3 is 2.50 bits per heavy atom. The van der Waals surface area contributed by atoms with Crippen LogP contribution in [0.15, 0.2) is 18.2 Å². The Hall–Kier alpha value is -0.570. The van der Waals surface area contributed by atoms with Crippen LogP contribution in [0.2, 0.25) is 5.02 Å². The first kappa shape index (κ1) is 9.97. The van der Waals surface area contributed by atoms with Crippen molar-refractivity contribution < 1.29 is 10.2 Å². The highest BCUT2D eigenvalue weighted by Crippen LogP contribution is 2.50. The van der Waals surface area contributed by atoms with Crippen molar-refractivity contribution in [3.8, 4) is 0 Å². The van der Waals surface area contributed by atoms with E-state index in [1.165, 1.54) is 0 Å². The summed E-state index contributed by atoms with van der Waals surface area (Å²) >= 11 is 5.94. The first-order valence-corrected chi connectivity index (χ1v) is 5.07. The van der Waals surface area contributed by atoms with Gasteiger partial charge in [0.05, 0.1) is 0 Å². The number of aliphatic hydroxyl groups is 2. The van der Waals surface area contributed by atoms with Gasteiger partial charge in [-0.3, -0.25) is 0 Å². The van der Waals surface area contributed by atoms with Gasteiger partial charge in [0.25, 0.3) is 0 Å². The quantitative estimate of drug-likeness (QED) is 0.739. The summed E-state index contributed by atoms with van der Waals surface area (Å²) in [5.41, 5.74) is 1.54. The first-order valence-electron chi connectivity index (χ1n) is 4.70. The summed E-state index contributed by atoms with van der Waals surface area (Å²) in [4.78, 5) is 0. The van der Waals surface area contributed by atoms with Gasteiger partial charge >= 0.3 is 0 Å². The molecule has 0 atom stereocenters. The topological polar surface area (TPSA) is 40.5 Å². The van der Waals surface area contributed by atoms with Crippen LogP contribution in [0.5, 0.6) is 0 Å².